The van der Waals surface area contributed by atoms with E-state index in [1.54, 1.807) is 0 Å². The molecule has 1 aromatic carbocycles. The molecule has 0 N–H and O–H groups in total. The molecule has 1 aliphatic heterocycles. The minimum atomic E-state index is -0.0460. The van der Waals surface area contributed by atoms with E-state index in [1.165, 1.54) is 22.8 Å². The van der Waals surface area contributed by atoms with Gasteiger partial charge in [-0.1, -0.05) is 44.7 Å². The molecule has 1 saturated heterocycles. The summed E-state index contributed by atoms with van der Waals surface area (Å²) < 4.78 is 6.54. The molecule has 4 nitrogen and oxygen atoms in total. The average Bonchev–Trinajstić information content (AvgIpc) is 2.70. The summed E-state index contributed by atoms with van der Waals surface area (Å²) in [7, 11) is 0. The lowest BCUT2D eigenvalue weighted by atomic mass is 9.86. The van der Waals surface area contributed by atoms with Crippen LogP contribution in [-0.2, 0) is 9.53 Å². The van der Waals surface area contributed by atoms with E-state index in [-0.39, 0.29) is 23.5 Å². The number of piperazine rings is 1. The van der Waals surface area contributed by atoms with Gasteiger partial charge >= 0.3 is 0 Å². The molecule has 1 heterocycles. The highest BCUT2D eigenvalue weighted by Crippen LogP contribution is 2.32. The van der Waals surface area contributed by atoms with Crippen LogP contribution in [0.5, 0.6) is 0 Å². The largest absolute Gasteiger partial charge is 0.485 e. The highest BCUT2D eigenvalue weighted by molar-refractivity contribution is 5.87. The summed E-state index contributed by atoms with van der Waals surface area (Å²) >= 11 is 0. The van der Waals surface area contributed by atoms with Crippen molar-refractivity contribution in [1.29, 1.82) is 0 Å². The third-order valence-electron chi connectivity index (χ3n) is 6.30. The Kier molecular flexibility index (Phi) is 6.87. The Morgan fingerprint density at radius 1 is 1.30 bits per heavy atom. The van der Waals surface area contributed by atoms with Gasteiger partial charge in [-0.05, 0) is 67.5 Å². The lowest BCUT2D eigenvalue weighted by molar-refractivity contribution is -0.130. The fourth-order valence-electron chi connectivity index (χ4n) is 4.11. The van der Waals surface area contributed by atoms with Crippen molar-refractivity contribution < 1.29 is 9.53 Å². The van der Waals surface area contributed by atoms with E-state index >= 15 is 0 Å². The molecule has 162 valence electrons. The molecule has 1 aromatic rings. The lowest BCUT2D eigenvalue weighted by Crippen LogP contribution is -2.54. The Balaban J connectivity index is 1.76. The number of amides is 1. The summed E-state index contributed by atoms with van der Waals surface area (Å²) in [5, 5.41) is 0. The standard InChI is InChI=1S/C26H36N2O2/c1-7-25(29)28-15-14-27(17-21(28)4)18-24(22-9-8-19(2)20(3)16-22)30-23-10-12-26(5,6)13-11-23/h7-12,16,21,24H,1,13-15,17-18H2,2-6H3/t21-,24+/m1/s1. The predicted molar refractivity (Wildman–Crippen MR) is 123 cm³/mol. The zero-order chi connectivity index (χ0) is 21.9. The van der Waals surface area contributed by atoms with Crippen LogP contribution >= 0.6 is 0 Å². The van der Waals surface area contributed by atoms with Crippen LogP contribution in [-0.4, -0.2) is 47.9 Å². The number of allylic oxidation sites excluding steroid dienone is 3. The lowest BCUT2D eigenvalue weighted by Gasteiger charge is -2.40. The number of carbonyl (C=O) groups is 1. The van der Waals surface area contributed by atoms with Crippen molar-refractivity contribution in [2.75, 3.05) is 26.2 Å². The molecule has 30 heavy (non-hydrogen) atoms. The minimum Gasteiger partial charge on any atom is -0.485 e. The predicted octanol–water partition coefficient (Wildman–Crippen LogP) is 4.95. The number of aryl methyl sites for hydroxylation is 2. The first kappa shape index (κ1) is 22.4. The fraction of sp³-hybridized carbons (Fsp3) is 0.500. The van der Waals surface area contributed by atoms with Crippen molar-refractivity contribution >= 4 is 5.91 Å². The van der Waals surface area contributed by atoms with Crippen molar-refractivity contribution in [2.24, 2.45) is 5.41 Å². The Bertz CT molecular complexity index is 853. The van der Waals surface area contributed by atoms with Crippen molar-refractivity contribution in [1.82, 2.24) is 9.80 Å². The number of nitrogens with zero attached hydrogens (tertiary/aromatic N) is 2. The molecule has 0 spiro atoms. The molecule has 0 aromatic heterocycles. The molecule has 2 aliphatic rings. The summed E-state index contributed by atoms with van der Waals surface area (Å²) in [4.78, 5) is 16.4. The molecule has 0 unspecified atom stereocenters. The molecule has 0 bridgehead atoms. The molecular formula is C26H36N2O2. The maximum Gasteiger partial charge on any atom is 0.246 e. The van der Waals surface area contributed by atoms with Gasteiger partial charge in [0.2, 0.25) is 5.91 Å². The number of ether oxygens (including phenoxy) is 1. The zero-order valence-corrected chi connectivity index (χ0v) is 19.1. The first-order valence-electron chi connectivity index (χ1n) is 11.0. The van der Waals surface area contributed by atoms with Gasteiger partial charge in [0.25, 0.3) is 0 Å². The van der Waals surface area contributed by atoms with Gasteiger partial charge in [-0.2, -0.15) is 0 Å². The van der Waals surface area contributed by atoms with Crippen LogP contribution in [0, 0.1) is 19.3 Å². The smallest absolute Gasteiger partial charge is 0.246 e. The second-order valence-corrected chi connectivity index (χ2v) is 9.43. The summed E-state index contributed by atoms with van der Waals surface area (Å²) in [5.74, 6) is 0.968. The van der Waals surface area contributed by atoms with Crippen molar-refractivity contribution in [3.63, 3.8) is 0 Å². The fourth-order valence-corrected chi connectivity index (χ4v) is 4.11. The second-order valence-electron chi connectivity index (χ2n) is 9.43. The van der Waals surface area contributed by atoms with Gasteiger partial charge in [0, 0.05) is 32.2 Å². The maximum absolute atomic E-state index is 12.1. The second kappa shape index (κ2) is 9.22. The summed E-state index contributed by atoms with van der Waals surface area (Å²) in [6.45, 7) is 17.7. The number of carbonyl (C=O) groups excluding carboxylic acids is 1. The quantitative estimate of drug-likeness (QED) is 0.625. The van der Waals surface area contributed by atoms with Crippen molar-refractivity contribution in [3.8, 4) is 0 Å². The monoisotopic (exact) mass is 408 g/mol. The molecule has 1 aliphatic carbocycles. The van der Waals surface area contributed by atoms with Gasteiger partial charge in [-0.3, -0.25) is 9.69 Å². The van der Waals surface area contributed by atoms with E-state index in [4.69, 9.17) is 4.74 Å². The maximum atomic E-state index is 12.1. The number of hydrogen-bond acceptors (Lipinski definition) is 3. The first-order chi connectivity index (χ1) is 14.2. The molecule has 0 radical (unpaired) electrons. The van der Waals surface area contributed by atoms with Gasteiger partial charge in [-0.25, -0.2) is 0 Å². The Morgan fingerprint density at radius 2 is 2.07 bits per heavy atom. The van der Waals surface area contributed by atoms with Crippen LogP contribution in [0.4, 0.5) is 0 Å². The zero-order valence-electron chi connectivity index (χ0n) is 19.1. The highest BCUT2D eigenvalue weighted by atomic mass is 16.5. The van der Waals surface area contributed by atoms with Crippen LogP contribution in [0.1, 0.15) is 50.0 Å². The minimum absolute atomic E-state index is 0.0178. The molecule has 1 fully saturated rings. The molecular weight excluding hydrogens is 372 g/mol. The van der Waals surface area contributed by atoms with Gasteiger partial charge in [0.15, 0.2) is 0 Å². The summed E-state index contributed by atoms with van der Waals surface area (Å²) in [6, 6.07) is 6.78. The van der Waals surface area contributed by atoms with Crippen LogP contribution in [0.3, 0.4) is 0 Å². The third-order valence-corrected chi connectivity index (χ3v) is 6.30. The topological polar surface area (TPSA) is 32.8 Å². The molecule has 3 rings (SSSR count). The van der Waals surface area contributed by atoms with E-state index < -0.39 is 0 Å². The normalized spacial score (nSPS) is 22.4. The molecule has 2 atom stereocenters. The Labute approximate surface area is 181 Å². The Hall–Kier alpha value is -2.33. The van der Waals surface area contributed by atoms with Crippen molar-refractivity contribution in [3.05, 3.63) is 71.5 Å². The molecule has 0 saturated carbocycles. The van der Waals surface area contributed by atoms with E-state index in [0.717, 1.165) is 38.4 Å². The van der Waals surface area contributed by atoms with Crippen LogP contribution in [0.15, 0.2) is 54.8 Å². The Morgan fingerprint density at radius 3 is 2.67 bits per heavy atom. The van der Waals surface area contributed by atoms with Gasteiger partial charge in [0.05, 0.1) is 0 Å². The van der Waals surface area contributed by atoms with Gasteiger partial charge in [0.1, 0.15) is 11.9 Å². The van der Waals surface area contributed by atoms with E-state index in [9.17, 15) is 4.79 Å². The van der Waals surface area contributed by atoms with Crippen molar-refractivity contribution in [2.45, 2.75) is 53.2 Å². The van der Waals surface area contributed by atoms with Crippen LogP contribution < -0.4 is 0 Å². The number of hydrogen-bond donors (Lipinski definition) is 0. The average molecular weight is 409 g/mol. The van der Waals surface area contributed by atoms with E-state index in [1.807, 2.05) is 4.90 Å². The first-order valence-corrected chi connectivity index (χ1v) is 11.0. The number of rotatable bonds is 6. The SMILES string of the molecule is C=CC(=O)N1CCN(C[C@H](OC2=CCC(C)(C)C=C2)c2ccc(C)c(C)c2)C[C@H]1C. The van der Waals surface area contributed by atoms with E-state index in [2.05, 4.69) is 82.5 Å². The molecule has 4 heteroatoms. The van der Waals surface area contributed by atoms with Gasteiger partial charge in [-0.15, -0.1) is 0 Å². The van der Waals surface area contributed by atoms with Gasteiger partial charge < -0.3 is 9.64 Å². The van der Waals surface area contributed by atoms with Crippen LogP contribution in [0.25, 0.3) is 0 Å². The van der Waals surface area contributed by atoms with Crippen LogP contribution in [0.2, 0.25) is 0 Å². The third kappa shape index (κ3) is 5.42. The van der Waals surface area contributed by atoms with E-state index in [0.29, 0.717) is 0 Å². The number of benzene rings is 1. The summed E-state index contributed by atoms with van der Waals surface area (Å²) in [5.41, 5.74) is 3.97. The highest BCUT2D eigenvalue weighted by Gasteiger charge is 2.29. The molecule has 1 amide bonds. The summed E-state index contributed by atoms with van der Waals surface area (Å²) in [6.07, 6.45) is 8.91.